The minimum atomic E-state index is -4.50. The molecule has 0 N–H and O–H groups in total. The maximum absolute atomic E-state index is 13.3. The van der Waals surface area contributed by atoms with Crippen molar-refractivity contribution in [2.45, 2.75) is 45.8 Å². The van der Waals surface area contributed by atoms with Gasteiger partial charge in [-0.25, -0.2) is 4.98 Å². The van der Waals surface area contributed by atoms with E-state index in [1.54, 1.807) is 0 Å². The van der Waals surface area contributed by atoms with Crippen LogP contribution in [0.1, 0.15) is 39.3 Å². The molecular weight excluding hydrogens is 345 g/mol. The van der Waals surface area contributed by atoms with Crippen molar-refractivity contribution in [1.82, 2.24) is 9.97 Å². The van der Waals surface area contributed by atoms with Crippen LogP contribution in [0.15, 0.2) is 6.07 Å². The number of aldehydes is 1. The monoisotopic (exact) mass is 368 g/mol. The van der Waals surface area contributed by atoms with E-state index < -0.39 is 11.9 Å². The standard InChI is InChI=1S/C18H23F3N4O/c1-11-4-6-25(11)15-22-13(18(19,20)21)8-14(23-15)24-9-16(2)12(5-7-26)17(16,3)10-24/h7-8,11-12H,4-6,9-10H2,1-3H3/t11-,12?,16-,17+/m0/s1. The molecule has 8 heteroatoms. The van der Waals surface area contributed by atoms with E-state index in [1.807, 2.05) is 16.7 Å². The van der Waals surface area contributed by atoms with Crippen molar-refractivity contribution < 1.29 is 18.0 Å². The van der Waals surface area contributed by atoms with Crippen LogP contribution in [0.3, 0.4) is 0 Å². The summed E-state index contributed by atoms with van der Waals surface area (Å²) in [7, 11) is 0. The van der Waals surface area contributed by atoms with Gasteiger partial charge in [-0.2, -0.15) is 18.2 Å². The van der Waals surface area contributed by atoms with E-state index in [1.165, 1.54) is 0 Å². The fourth-order valence-electron chi connectivity index (χ4n) is 4.95. The molecule has 1 aliphatic carbocycles. The Kier molecular flexibility index (Phi) is 3.60. The predicted octanol–water partition coefficient (Wildman–Crippen LogP) is 3.15. The number of hydrogen-bond donors (Lipinski definition) is 0. The average Bonchev–Trinajstić information content (AvgIpc) is 2.83. The van der Waals surface area contributed by atoms with Crippen LogP contribution in [0.5, 0.6) is 0 Å². The first-order valence-corrected chi connectivity index (χ1v) is 9.02. The van der Waals surface area contributed by atoms with Gasteiger partial charge in [-0.05, 0) is 30.1 Å². The van der Waals surface area contributed by atoms with Gasteiger partial charge in [0.2, 0.25) is 5.95 Å². The number of hydrogen-bond acceptors (Lipinski definition) is 5. The second kappa shape index (κ2) is 5.33. The smallest absolute Gasteiger partial charge is 0.355 e. The van der Waals surface area contributed by atoms with Crippen LogP contribution in [0, 0.1) is 16.7 Å². The molecule has 0 radical (unpaired) electrons. The molecule has 0 amide bonds. The average molecular weight is 368 g/mol. The summed E-state index contributed by atoms with van der Waals surface area (Å²) in [4.78, 5) is 22.9. The van der Waals surface area contributed by atoms with Crippen molar-refractivity contribution in [3.05, 3.63) is 11.8 Å². The zero-order valence-corrected chi connectivity index (χ0v) is 15.2. The molecule has 26 heavy (non-hydrogen) atoms. The molecule has 142 valence electrons. The van der Waals surface area contributed by atoms with Gasteiger partial charge in [0.05, 0.1) is 0 Å². The van der Waals surface area contributed by atoms with Crippen LogP contribution < -0.4 is 9.80 Å². The molecule has 1 unspecified atom stereocenters. The fraction of sp³-hybridized carbons (Fsp3) is 0.722. The highest BCUT2D eigenvalue weighted by Gasteiger charge is 2.74. The number of alkyl halides is 3. The van der Waals surface area contributed by atoms with Crippen LogP contribution >= 0.6 is 0 Å². The molecule has 3 fully saturated rings. The lowest BCUT2D eigenvalue weighted by atomic mass is 10.0. The lowest BCUT2D eigenvalue weighted by Crippen LogP contribution is -2.47. The quantitative estimate of drug-likeness (QED) is 0.764. The number of halogens is 3. The van der Waals surface area contributed by atoms with Crippen molar-refractivity contribution in [3.63, 3.8) is 0 Å². The number of fused-ring (bicyclic) bond motifs is 1. The zero-order valence-electron chi connectivity index (χ0n) is 15.2. The first-order valence-electron chi connectivity index (χ1n) is 9.02. The van der Waals surface area contributed by atoms with Gasteiger partial charge in [0.15, 0.2) is 5.69 Å². The van der Waals surface area contributed by atoms with Crippen LogP contribution in [0.4, 0.5) is 24.9 Å². The third-order valence-corrected chi connectivity index (χ3v) is 7.02. The highest BCUT2D eigenvalue weighted by atomic mass is 19.4. The molecule has 1 aromatic heterocycles. The molecule has 4 rings (SSSR count). The number of anilines is 2. The van der Waals surface area contributed by atoms with E-state index >= 15 is 0 Å². The maximum Gasteiger partial charge on any atom is 0.433 e. The fourth-order valence-corrected chi connectivity index (χ4v) is 4.95. The highest BCUT2D eigenvalue weighted by molar-refractivity contribution is 5.56. The molecule has 2 aliphatic heterocycles. The summed E-state index contributed by atoms with van der Waals surface area (Å²) >= 11 is 0. The first kappa shape index (κ1) is 17.5. The number of rotatable bonds is 4. The number of carbonyl (C=O) groups is 1. The van der Waals surface area contributed by atoms with E-state index in [2.05, 4.69) is 23.8 Å². The molecule has 0 aromatic carbocycles. The largest absolute Gasteiger partial charge is 0.433 e. The number of nitrogens with zero attached hydrogens (tertiary/aromatic N) is 4. The molecule has 4 atom stereocenters. The minimum absolute atomic E-state index is 0.0541. The predicted molar refractivity (Wildman–Crippen MR) is 91.1 cm³/mol. The number of carbonyl (C=O) groups excluding carboxylic acids is 1. The Morgan fingerprint density at radius 3 is 2.38 bits per heavy atom. The van der Waals surface area contributed by atoms with Crippen molar-refractivity contribution in [2.75, 3.05) is 29.4 Å². The van der Waals surface area contributed by atoms with E-state index in [9.17, 15) is 18.0 Å². The molecule has 3 heterocycles. The topological polar surface area (TPSA) is 49.3 Å². The van der Waals surface area contributed by atoms with Crippen molar-refractivity contribution >= 4 is 18.1 Å². The summed E-state index contributed by atoms with van der Waals surface area (Å²) in [6.07, 6.45) is -2.12. The molecular formula is C18H23F3N4O. The second-order valence-electron chi connectivity index (χ2n) is 8.39. The van der Waals surface area contributed by atoms with Gasteiger partial charge in [-0.1, -0.05) is 13.8 Å². The molecule has 3 aliphatic rings. The highest BCUT2D eigenvalue weighted by Crippen LogP contribution is 2.73. The zero-order chi connectivity index (χ0) is 18.9. The summed E-state index contributed by atoms with van der Waals surface area (Å²) in [5, 5.41) is 0. The van der Waals surface area contributed by atoms with E-state index in [4.69, 9.17) is 0 Å². The van der Waals surface area contributed by atoms with E-state index in [0.717, 1.165) is 18.8 Å². The summed E-state index contributed by atoms with van der Waals surface area (Å²) in [6.45, 7) is 8.11. The Balaban J connectivity index is 1.65. The Morgan fingerprint density at radius 2 is 1.92 bits per heavy atom. The summed E-state index contributed by atoms with van der Waals surface area (Å²) in [5.41, 5.74) is -1.000. The van der Waals surface area contributed by atoms with Gasteiger partial charge in [0, 0.05) is 38.2 Å². The molecule has 2 saturated heterocycles. The Labute approximate surface area is 150 Å². The van der Waals surface area contributed by atoms with Gasteiger partial charge in [0.1, 0.15) is 12.1 Å². The second-order valence-corrected chi connectivity index (χ2v) is 8.39. The van der Waals surface area contributed by atoms with Gasteiger partial charge < -0.3 is 14.6 Å². The third kappa shape index (κ3) is 2.33. The van der Waals surface area contributed by atoms with Crippen LogP contribution in [0.25, 0.3) is 0 Å². The Morgan fingerprint density at radius 1 is 1.27 bits per heavy atom. The lowest BCUT2D eigenvalue weighted by molar-refractivity contribution is -0.141. The minimum Gasteiger partial charge on any atom is -0.355 e. The molecule has 1 saturated carbocycles. The molecule has 5 nitrogen and oxygen atoms in total. The normalized spacial score (nSPS) is 35.9. The summed E-state index contributed by atoms with van der Waals surface area (Å²) < 4.78 is 40.0. The van der Waals surface area contributed by atoms with Crippen LogP contribution in [-0.2, 0) is 11.0 Å². The summed E-state index contributed by atoms with van der Waals surface area (Å²) in [6, 6.07) is 1.21. The summed E-state index contributed by atoms with van der Waals surface area (Å²) in [5.74, 6) is 0.789. The van der Waals surface area contributed by atoms with E-state index in [-0.39, 0.29) is 22.8 Å². The first-order chi connectivity index (χ1) is 12.1. The molecule has 0 spiro atoms. The number of aromatic nitrogens is 2. The third-order valence-electron chi connectivity index (χ3n) is 7.02. The van der Waals surface area contributed by atoms with Crippen molar-refractivity contribution in [3.8, 4) is 0 Å². The van der Waals surface area contributed by atoms with Crippen LogP contribution in [0.2, 0.25) is 0 Å². The van der Waals surface area contributed by atoms with E-state index in [0.29, 0.717) is 37.8 Å². The lowest BCUT2D eigenvalue weighted by Gasteiger charge is -2.39. The van der Waals surface area contributed by atoms with Crippen LogP contribution in [-0.4, -0.2) is 41.9 Å². The molecule has 0 bridgehead atoms. The van der Waals surface area contributed by atoms with Crippen molar-refractivity contribution in [1.29, 1.82) is 0 Å². The van der Waals surface area contributed by atoms with Gasteiger partial charge in [-0.3, -0.25) is 0 Å². The van der Waals surface area contributed by atoms with Gasteiger partial charge >= 0.3 is 6.18 Å². The number of piperidine rings is 1. The Bertz CT molecular complexity index is 736. The van der Waals surface area contributed by atoms with Crippen molar-refractivity contribution in [2.24, 2.45) is 16.7 Å². The SMILES string of the molecule is C[C@H]1CCN1c1nc(N2C[C@@]3(C)C(CC=O)[C@@]3(C)C2)cc(C(F)(F)F)n1. The maximum atomic E-state index is 13.3. The Hall–Kier alpha value is -1.86. The molecule has 1 aromatic rings. The van der Waals surface area contributed by atoms with Gasteiger partial charge in [0.25, 0.3) is 0 Å². The van der Waals surface area contributed by atoms with Gasteiger partial charge in [-0.15, -0.1) is 0 Å².